The first kappa shape index (κ1) is 39.8. The highest BCUT2D eigenvalue weighted by molar-refractivity contribution is 7.97. The zero-order chi connectivity index (χ0) is 37.8. The number of rotatable bonds is 13. The number of hydrogen-bond acceptors (Lipinski definition) is 4. The van der Waals surface area contributed by atoms with E-state index in [1.54, 1.807) is 11.9 Å². The summed E-state index contributed by atoms with van der Waals surface area (Å²) in [5, 5.41) is 0. The molecule has 0 saturated carbocycles. The highest BCUT2D eigenvalue weighted by Crippen LogP contribution is 2.43. The number of nitrogens with zero attached hydrogens (tertiary/aromatic N) is 2. The predicted octanol–water partition coefficient (Wildman–Crippen LogP) is 11.5. The summed E-state index contributed by atoms with van der Waals surface area (Å²) in [4.78, 5) is 0.845. The molecule has 51 heavy (non-hydrogen) atoms. The average Bonchev–Trinajstić information content (AvgIpc) is 3.07. The molecular formula is C40H44F7N3S. The van der Waals surface area contributed by atoms with E-state index in [0.29, 0.717) is 18.0 Å². The van der Waals surface area contributed by atoms with Gasteiger partial charge in [0, 0.05) is 43.6 Å². The topological polar surface area (TPSA) is 32.5 Å². The Morgan fingerprint density at radius 1 is 0.843 bits per heavy atom. The molecule has 4 aromatic carbocycles. The molecule has 0 unspecified atom stereocenters. The minimum atomic E-state index is -4.18. The van der Waals surface area contributed by atoms with Gasteiger partial charge in [0.2, 0.25) is 0 Å². The summed E-state index contributed by atoms with van der Waals surface area (Å²) in [7, 11) is 1.63. The van der Waals surface area contributed by atoms with Crippen molar-refractivity contribution in [1.82, 2.24) is 4.31 Å². The van der Waals surface area contributed by atoms with Crippen LogP contribution < -0.4 is 10.6 Å². The fraction of sp³-hybridized carbons (Fsp3) is 0.350. The second kappa shape index (κ2) is 16.2. The molecule has 4 rings (SSSR count). The number of nitrogens with two attached hydrogens (primary N) is 1. The minimum absolute atomic E-state index is 0.00552. The molecule has 11 heteroatoms. The monoisotopic (exact) mass is 731 g/mol. The van der Waals surface area contributed by atoms with Crippen LogP contribution in [0.25, 0.3) is 0 Å². The van der Waals surface area contributed by atoms with Gasteiger partial charge < -0.3 is 10.6 Å². The molecule has 0 radical (unpaired) electrons. The summed E-state index contributed by atoms with van der Waals surface area (Å²) in [5.74, 6) is -10.5. The highest BCUT2D eigenvalue weighted by Gasteiger charge is 2.40. The van der Waals surface area contributed by atoms with Gasteiger partial charge in [-0.05, 0) is 95.8 Å². The van der Waals surface area contributed by atoms with Crippen LogP contribution >= 0.6 is 11.9 Å². The van der Waals surface area contributed by atoms with Gasteiger partial charge >= 0.3 is 5.92 Å². The van der Waals surface area contributed by atoms with Crippen LogP contribution in [0.3, 0.4) is 0 Å². The fourth-order valence-electron chi connectivity index (χ4n) is 5.68. The fourth-order valence-corrected chi connectivity index (χ4v) is 6.69. The van der Waals surface area contributed by atoms with Gasteiger partial charge in [0.25, 0.3) is 0 Å². The summed E-state index contributed by atoms with van der Waals surface area (Å²) in [6, 6.07) is 15.6. The van der Waals surface area contributed by atoms with Crippen molar-refractivity contribution in [2.45, 2.75) is 83.7 Å². The quantitative estimate of drug-likeness (QED) is 0.0642. The van der Waals surface area contributed by atoms with Crippen molar-refractivity contribution in [2.75, 3.05) is 24.2 Å². The van der Waals surface area contributed by atoms with Crippen molar-refractivity contribution in [2.24, 2.45) is 0 Å². The number of aryl methyl sites for hydroxylation is 1. The molecule has 0 aliphatic rings. The first-order valence-corrected chi connectivity index (χ1v) is 17.4. The smallest absolute Gasteiger partial charge is 0.325 e. The zero-order valence-electron chi connectivity index (χ0n) is 29.9. The number of alkyl halides is 2. The Bertz CT molecular complexity index is 1870. The zero-order valence-corrected chi connectivity index (χ0v) is 30.7. The molecule has 0 amide bonds. The molecule has 0 spiro atoms. The first-order valence-electron chi connectivity index (χ1n) is 16.6. The van der Waals surface area contributed by atoms with Gasteiger partial charge in [0.05, 0.1) is 10.5 Å². The van der Waals surface area contributed by atoms with Crippen LogP contribution in [0.15, 0.2) is 77.5 Å². The Morgan fingerprint density at radius 3 is 2.14 bits per heavy atom. The molecule has 0 heterocycles. The lowest BCUT2D eigenvalue weighted by Crippen LogP contribution is -2.25. The SMILES string of the molecule is CCCc1cc(CN(C)c2ccc(N)cc2C(F)(F)/C(F)=C\CN(Cc2ccccc2F)Sc2c(F)c(C)c(C)c(F)c2F)cc(C(C)(C)C)c1. The maximum atomic E-state index is 16.1. The van der Waals surface area contributed by atoms with Gasteiger partial charge in [0.1, 0.15) is 11.6 Å². The van der Waals surface area contributed by atoms with E-state index >= 15 is 17.6 Å². The van der Waals surface area contributed by atoms with E-state index in [-0.39, 0.29) is 46.6 Å². The Balaban J connectivity index is 1.69. The number of benzene rings is 4. The Labute approximate surface area is 300 Å². The molecule has 0 aliphatic heterocycles. The largest absolute Gasteiger partial charge is 0.399 e. The lowest BCUT2D eigenvalue weighted by Gasteiger charge is -2.28. The summed E-state index contributed by atoms with van der Waals surface area (Å²) in [5.41, 5.74) is 7.95. The Morgan fingerprint density at radius 2 is 1.49 bits per heavy atom. The van der Waals surface area contributed by atoms with E-state index in [2.05, 4.69) is 33.8 Å². The van der Waals surface area contributed by atoms with Crippen LogP contribution in [0.5, 0.6) is 0 Å². The van der Waals surface area contributed by atoms with Crippen LogP contribution in [0.4, 0.5) is 42.1 Å². The van der Waals surface area contributed by atoms with Gasteiger partial charge in [-0.1, -0.05) is 70.5 Å². The normalized spacial score (nSPS) is 12.6. The number of halogens is 7. The lowest BCUT2D eigenvalue weighted by atomic mass is 9.84. The van der Waals surface area contributed by atoms with Crippen LogP contribution in [0.2, 0.25) is 0 Å². The summed E-state index contributed by atoms with van der Waals surface area (Å²) >= 11 is 0.342. The van der Waals surface area contributed by atoms with Crippen molar-refractivity contribution in [3.63, 3.8) is 0 Å². The number of nitrogen functional groups attached to an aromatic ring is 1. The molecule has 0 aliphatic carbocycles. The molecule has 0 fully saturated rings. The van der Waals surface area contributed by atoms with Crippen LogP contribution in [-0.4, -0.2) is 17.9 Å². The molecule has 0 aromatic heterocycles. The predicted molar refractivity (Wildman–Crippen MR) is 194 cm³/mol. The molecule has 0 bridgehead atoms. The highest BCUT2D eigenvalue weighted by atomic mass is 32.2. The summed E-state index contributed by atoms with van der Waals surface area (Å²) in [6.45, 7) is 10.1. The van der Waals surface area contributed by atoms with Crippen LogP contribution in [0, 0.1) is 37.1 Å². The average molecular weight is 732 g/mol. The van der Waals surface area contributed by atoms with Crippen molar-refractivity contribution >= 4 is 23.3 Å². The van der Waals surface area contributed by atoms with E-state index in [0.717, 1.165) is 46.0 Å². The number of allylic oxidation sites excluding steroid dienone is 1. The molecule has 4 aromatic rings. The van der Waals surface area contributed by atoms with E-state index in [1.165, 1.54) is 44.2 Å². The van der Waals surface area contributed by atoms with E-state index in [4.69, 9.17) is 5.73 Å². The van der Waals surface area contributed by atoms with Crippen molar-refractivity contribution < 1.29 is 30.7 Å². The van der Waals surface area contributed by atoms with E-state index < -0.39 is 52.0 Å². The standard InChI is InChI=1S/C40H44F7N3S/c1-8-11-26-18-27(20-29(19-26)39(4,5)6)22-49(7)33-15-14-30(48)21-31(33)40(46,47)34(42)16-17-50(23-28-12-9-10-13-32(28)41)51-38-36(44)25(3)24(2)35(43)37(38)45/h9-10,12-16,18-21H,8,11,17,22-23,48H2,1-7H3/b34-16+. The molecule has 0 saturated heterocycles. The second-order valence-corrected chi connectivity index (χ2v) is 14.9. The molecular weight excluding hydrogens is 688 g/mol. The third-order valence-corrected chi connectivity index (χ3v) is 9.84. The third kappa shape index (κ3) is 9.29. The van der Waals surface area contributed by atoms with Gasteiger partial charge in [-0.3, -0.25) is 0 Å². The molecule has 3 nitrogen and oxygen atoms in total. The van der Waals surface area contributed by atoms with Crippen molar-refractivity contribution in [3.8, 4) is 0 Å². The Kier molecular flexibility index (Phi) is 12.6. The van der Waals surface area contributed by atoms with Gasteiger partial charge in [0.15, 0.2) is 17.5 Å². The molecule has 2 N–H and O–H groups in total. The lowest BCUT2D eigenvalue weighted by molar-refractivity contribution is 0.0137. The van der Waals surface area contributed by atoms with Gasteiger partial charge in [-0.15, -0.1) is 0 Å². The maximum Gasteiger partial charge on any atom is 0.325 e. The maximum absolute atomic E-state index is 16.1. The molecule has 0 atom stereocenters. The minimum Gasteiger partial charge on any atom is -0.399 e. The first-order chi connectivity index (χ1) is 23.8. The molecule has 274 valence electrons. The summed E-state index contributed by atoms with van der Waals surface area (Å²) < 4.78 is 109. The van der Waals surface area contributed by atoms with Crippen LogP contribution in [-0.2, 0) is 30.8 Å². The van der Waals surface area contributed by atoms with E-state index in [1.807, 2.05) is 12.1 Å². The van der Waals surface area contributed by atoms with Gasteiger partial charge in [-0.25, -0.2) is 26.3 Å². The van der Waals surface area contributed by atoms with E-state index in [9.17, 15) is 13.2 Å². The summed E-state index contributed by atoms with van der Waals surface area (Å²) in [6.07, 6.45) is 2.36. The number of hydrogen-bond donors (Lipinski definition) is 1. The van der Waals surface area contributed by atoms with Gasteiger partial charge in [-0.2, -0.15) is 8.78 Å². The third-order valence-electron chi connectivity index (χ3n) is 8.76. The van der Waals surface area contributed by atoms with Crippen molar-refractivity contribution in [1.29, 1.82) is 0 Å². The van der Waals surface area contributed by atoms with Crippen molar-refractivity contribution in [3.05, 3.63) is 135 Å². The Hall–Kier alpha value is -3.96. The second-order valence-electron chi connectivity index (χ2n) is 13.8. The van der Waals surface area contributed by atoms with Crippen LogP contribution in [0.1, 0.15) is 73.1 Å². The number of anilines is 2.